The molecule has 1 aromatic carbocycles. The monoisotopic (exact) mass is 283 g/mol. The van der Waals surface area contributed by atoms with E-state index in [9.17, 15) is 13.2 Å². The Morgan fingerprint density at radius 1 is 1.31 bits per heavy atom. The van der Waals surface area contributed by atoms with Gasteiger partial charge in [-0.15, -0.1) is 0 Å². The van der Waals surface area contributed by atoms with E-state index in [0.717, 1.165) is 6.07 Å². The second kappa shape index (κ2) is 4.36. The Hall–Kier alpha value is -1.18. The Morgan fingerprint density at radius 2 is 1.88 bits per heavy atom. The minimum atomic E-state index is -4.12. The molecule has 1 aromatic rings. The lowest BCUT2D eigenvalue weighted by Gasteiger charge is -2.08. The van der Waals surface area contributed by atoms with Gasteiger partial charge in [-0.05, 0) is 12.1 Å². The van der Waals surface area contributed by atoms with Gasteiger partial charge in [0, 0.05) is 0 Å². The molecule has 0 radical (unpaired) electrons. The van der Waals surface area contributed by atoms with Gasteiger partial charge in [0.1, 0.15) is 4.90 Å². The van der Waals surface area contributed by atoms with Gasteiger partial charge < -0.3 is 11.5 Å². The topological polar surface area (TPSA) is 115 Å². The van der Waals surface area contributed by atoms with Gasteiger partial charge in [0.15, 0.2) is 0 Å². The molecule has 0 fully saturated rings. The van der Waals surface area contributed by atoms with Crippen molar-refractivity contribution >= 4 is 44.9 Å². The predicted molar refractivity (Wildman–Crippen MR) is 60.8 cm³/mol. The minimum absolute atomic E-state index is 0.0873. The lowest BCUT2D eigenvalue weighted by atomic mass is 10.3. The molecule has 6 nitrogen and oxygen atoms in total. The largest absolute Gasteiger partial charge is 0.396 e. The molecule has 16 heavy (non-hydrogen) atoms. The molecule has 0 saturated heterocycles. The average molecular weight is 284 g/mol. The third-order valence-electron chi connectivity index (χ3n) is 1.62. The van der Waals surface area contributed by atoms with Crippen LogP contribution in [0.25, 0.3) is 0 Å². The van der Waals surface area contributed by atoms with Crippen LogP contribution in [0, 0.1) is 0 Å². The summed E-state index contributed by atoms with van der Waals surface area (Å²) in [5, 5.41) is -0.149. The van der Waals surface area contributed by atoms with Gasteiger partial charge in [0.05, 0.1) is 15.7 Å². The molecule has 5 N–H and O–H groups in total. The SMILES string of the molecule is NC(=O)NS(=O)(=O)c1ccc(Cl)c(N)c1Cl. The van der Waals surface area contributed by atoms with Gasteiger partial charge in [-0.25, -0.2) is 17.9 Å². The van der Waals surface area contributed by atoms with Crippen molar-refractivity contribution in [3.8, 4) is 0 Å². The van der Waals surface area contributed by atoms with E-state index >= 15 is 0 Å². The molecule has 0 atom stereocenters. The quantitative estimate of drug-likeness (QED) is 0.700. The lowest BCUT2D eigenvalue weighted by Crippen LogP contribution is -2.35. The number of sulfonamides is 1. The Bertz CT molecular complexity index is 544. The number of halogens is 2. The number of primary amides is 1. The van der Waals surface area contributed by atoms with E-state index in [2.05, 4.69) is 0 Å². The van der Waals surface area contributed by atoms with E-state index in [1.54, 1.807) is 4.72 Å². The molecule has 9 heteroatoms. The fraction of sp³-hybridized carbons (Fsp3) is 0. The van der Waals surface area contributed by atoms with Crippen molar-refractivity contribution in [1.82, 2.24) is 4.72 Å². The molecular formula is C7H7Cl2N3O3S. The van der Waals surface area contributed by atoms with E-state index in [0.29, 0.717) is 0 Å². The fourth-order valence-electron chi connectivity index (χ4n) is 0.944. The van der Waals surface area contributed by atoms with E-state index < -0.39 is 16.1 Å². The normalized spacial score (nSPS) is 11.1. The minimum Gasteiger partial charge on any atom is -0.396 e. The maximum Gasteiger partial charge on any atom is 0.326 e. The molecular weight excluding hydrogens is 277 g/mol. The highest BCUT2D eigenvalue weighted by atomic mass is 35.5. The van der Waals surface area contributed by atoms with Crippen LogP contribution in [0.3, 0.4) is 0 Å². The van der Waals surface area contributed by atoms with Crippen LogP contribution >= 0.6 is 23.2 Å². The molecule has 0 spiro atoms. The summed E-state index contributed by atoms with van der Waals surface area (Å²) in [6, 6.07) is 1.15. The van der Waals surface area contributed by atoms with E-state index in [1.807, 2.05) is 0 Å². The highest BCUT2D eigenvalue weighted by Crippen LogP contribution is 2.32. The van der Waals surface area contributed by atoms with Crippen LogP contribution in [0.5, 0.6) is 0 Å². The van der Waals surface area contributed by atoms with Gasteiger partial charge >= 0.3 is 6.03 Å². The number of rotatable bonds is 2. The number of anilines is 1. The van der Waals surface area contributed by atoms with Crippen LogP contribution in [-0.2, 0) is 10.0 Å². The lowest BCUT2D eigenvalue weighted by molar-refractivity contribution is 0.253. The smallest absolute Gasteiger partial charge is 0.326 e. The van der Waals surface area contributed by atoms with Crippen molar-refractivity contribution in [3.05, 3.63) is 22.2 Å². The zero-order chi connectivity index (χ0) is 12.5. The van der Waals surface area contributed by atoms with E-state index in [4.69, 9.17) is 34.7 Å². The first-order valence-corrected chi connectivity index (χ1v) is 6.05. The summed E-state index contributed by atoms with van der Waals surface area (Å²) in [6.45, 7) is 0. The number of urea groups is 1. The number of carbonyl (C=O) groups excluding carboxylic acids is 1. The maximum atomic E-state index is 11.5. The number of amides is 2. The number of benzene rings is 1. The molecule has 0 aliphatic rings. The van der Waals surface area contributed by atoms with Gasteiger partial charge in [0.25, 0.3) is 10.0 Å². The maximum absolute atomic E-state index is 11.5. The third kappa shape index (κ3) is 2.49. The van der Waals surface area contributed by atoms with Crippen LogP contribution in [0.4, 0.5) is 10.5 Å². The van der Waals surface area contributed by atoms with Crippen molar-refractivity contribution < 1.29 is 13.2 Å². The van der Waals surface area contributed by atoms with Gasteiger partial charge in [0.2, 0.25) is 0 Å². The fourth-order valence-corrected chi connectivity index (χ4v) is 2.59. The number of nitrogens with two attached hydrogens (primary N) is 2. The molecule has 0 aliphatic carbocycles. The van der Waals surface area contributed by atoms with Crippen molar-refractivity contribution in [2.75, 3.05) is 5.73 Å². The van der Waals surface area contributed by atoms with Gasteiger partial charge in [-0.1, -0.05) is 23.2 Å². The summed E-state index contributed by atoms with van der Waals surface area (Å²) in [5.41, 5.74) is 10.1. The summed E-state index contributed by atoms with van der Waals surface area (Å²) in [5.74, 6) is 0. The van der Waals surface area contributed by atoms with Crippen molar-refractivity contribution in [2.45, 2.75) is 4.90 Å². The number of hydrogen-bond donors (Lipinski definition) is 3. The first-order chi connectivity index (χ1) is 7.25. The zero-order valence-electron chi connectivity index (χ0n) is 7.70. The molecule has 0 unspecified atom stereocenters. The second-order valence-corrected chi connectivity index (χ2v) is 5.18. The summed E-state index contributed by atoms with van der Waals surface area (Å²) >= 11 is 11.3. The Balaban J connectivity index is 3.35. The molecule has 1 rings (SSSR count). The highest BCUT2D eigenvalue weighted by Gasteiger charge is 2.21. The van der Waals surface area contributed by atoms with Crippen LogP contribution in [-0.4, -0.2) is 14.4 Å². The molecule has 0 bridgehead atoms. The van der Waals surface area contributed by atoms with Crippen molar-refractivity contribution in [3.63, 3.8) is 0 Å². The molecule has 2 amide bonds. The van der Waals surface area contributed by atoms with E-state index in [-0.39, 0.29) is 20.6 Å². The second-order valence-electron chi connectivity index (χ2n) is 2.74. The standard InChI is InChI=1S/C7H7Cl2N3O3S/c8-3-1-2-4(5(9)6(3)10)16(14,15)12-7(11)13/h1-2H,10H2,(H3,11,12,13). The van der Waals surface area contributed by atoms with E-state index in [1.165, 1.54) is 6.07 Å². The summed E-state index contributed by atoms with van der Waals surface area (Å²) in [6.07, 6.45) is 0. The summed E-state index contributed by atoms with van der Waals surface area (Å²) < 4.78 is 24.6. The number of carbonyl (C=O) groups is 1. The third-order valence-corrected chi connectivity index (χ3v) is 3.85. The molecule has 0 aliphatic heterocycles. The van der Waals surface area contributed by atoms with Crippen LogP contribution in [0.15, 0.2) is 17.0 Å². The zero-order valence-corrected chi connectivity index (χ0v) is 10.0. The van der Waals surface area contributed by atoms with Crippen LogP contribution in [0.2, 0.25) is 10.0 Å². The summed E-state index contributed by atoms with van der Waals surface area (Å²) in [4.78, 5) is 10.1. The van der Waals surface area contributed by atoms with Gasteiger partial charge in [-0.3, -0.25) is 0 Å². The highest BCUT2D eigenvalue weighted by molar-refractivity contribution is 7.90. The van der Waals surface area contributed by atoms with Crippen molar-refractivity contribution in [1.29, 1.82) is 0 Å². The number of hydrogen-bond acceptors (Lipinski definition) is 4. The summed E-state index contributed by atoms with van der Waals surface area (Å²) in [7, 11) is -4.12. The molecule has 0 saturated carbocycles. The van der Waals surface area contributed by atoms with Crippen LogP contribution in [0.1, 0.15) is 0 Å². The molecule has 0 aromatic heterocycles. The Labute approximate surface area is 102 Å². The number of nitrogens with one attached hydrogen (secondary N) is 1. The number of nitrogen functional groups attached to an aromatic ring is 1. The Morgan fingerprint density at radius 3 is 2.38 bits per heavy atom. The average Bonchev–Trinajstić information content (AvgIpc) is 2.11. The first kappa shape index (κ1) is 12.9. The molecule has 88 valence electrons. The van der Waals surface area contributed by atoms with Crippen molar-refractivity contribution in [2.24, 2.45) is 5.73 Å². The first-order valence-electron chi connectivity index (χ1n) is 3.81. The van der Waals surface area contributed by atoms with Crippen LogP contribution < -0.4 is 16.2 Å². The predicted octanol–water partition coefficient (Wildman–Crippen LogP) is 0.933. The Kier molecular flexibility index (Phi) is 3.51. The van der Waals surface area contributed by atoms with Gasteiger partial charge in [-0.2, -0.15) is 0 Å². The molecule has 0 heterocycles.